The van der Waals surface area contributed by atoms with Gasteiger partial charge in [0.2, 0.25) is 5.28 Å². The maximum Gasteiger partial charge on any atom is 0.335 e. The lowest BCUT2D eigenvalue weighted by Crippen LogP contribution is -2.40. The van der Waals surface area contributed by atoms with E-state index < -0.39 is 5.97 Å². The summed E-state index contributed by atoms with van der Waals surface area (Å²) < 4.78 is 11.6. The number of aromatic nitrogens is 2. The highest BCUT2D eigenvalue weighted by molar-refractivity contribution is 6.28. The van der Waals surface area contributed by atoms with Crippen LogP contribution in [0.3, 0.4) is 0 Å². The lowest BCUT2D eigenvalue weighted by Gasteiger charge is -2.35. The molecule has 1 unspecified atom stereocenters. The number of rotatable bonds is 13. The monoisotopic (exact) mass is 597 g/mol. The van der Waals surface area contributed by atoms with Crippen LogP contribution in [0.5, 0.6) is 0 Å². The molecule has 7 nitrogen and oxygen atoms in total. The van der Waals surface area contributed by atoms with Crippen LogP contribution in [0.4, 0.5) is 0 Å². The number of carboxylic acid groups (broad SMARTS) is 1. The van der Waals surface area contributed by atoms with Crippen molar-refractivity contribution >= 4 is 17.6 Å². The van der Waals surface area contributed by atoms with Crippen molar-refractivity contribution in [1.29, 1.82) is 0 Å². The van der Waals surface area contributed by atoms with Crippen LogP contribution in [-0.4, -0.2) is 38.5 Å². The molecule has 1 aromatic heterocycles. The minimum absolute atomic E-state index is 0.207. The third kappa shape index (κ3) is 7.80. The molecular weight excluding hydrogens is 562 g/mol. The van der Waals surface area contributed by atoms with Crippen LogP contribution in [0.15, 0.2) is 103 Å². The Kier molecular flexibility index (Phi) is 10.4. The first kappa shape index (κ1) is 30.3. The van der Waals surface area contributed by atoms with Gasteiger partial charge in [-0.2, -0.15) is 0 Å². The summed E-state index contributed by atoms with van der Waals surface area (Å²) in [7, 11) is 0. The number of benzene rings is 2. The zero-order valence-electron chi connectivity index (χ0n) is 24.3. The van der Waals surface area contributed by atoms with E-state index in [2.05, 4.69) is 42.2 Å². The number of carboxylic acids is 1. The first-order chi connectivity index (χ1) is 21.0. The van der Waals surface area contributed by atoms with Crippen LogP contribution in [0, 0.1) is 0 Å². The summed E-state index contributed by atoms with van der Waals surface area (Å²) in [5, 5.41) is 9.57. The van der Waals surface area contributed by atoms with E-state index >= 15 is 0 Å². The highest BCUT2D eigenvalue weighted by atomic mass is 35.5. The molecule has 0 bridgehead atoms. The first-order valence-corrected chi connectivity index (χ1v) is 15.1. The lowest BCUT2D eigenvalue weighted by atomic mass is 9.93. The molecule has 43 heavy (non-hydrogen) atoms. The van der Waals surface area contributed by atoms with E-state index in [1.54, 1.807) is 24.7 Å². The summed E-state index contributed by atoms with van der Waals surface area (Å²) in [5.41, 5.74) is 6.39. The number of nitrogens with zero attached hydrogens (tertiary/aromatic N) is 3. The summed E-state index contributed by atoms with van der Waals surface area (Å²) in [6.07, 6.45) is 16.6. The van der Waals surface area contributed by atoms with Gasteiger partial charge in [-0.05, 0) is 67.0 Å². The van der Waals surface area contributed by atoms with Crippen LogP contribution in [0.2, 0.25) is 5.28 Å². The number of unbranched alkanes of at least 4 members (excludes halogenated alkanes) is 1. The summed E-state index contributed by atoms with van der Waals surface area (Å²) in [6, 6.07) is 17.0. The van der Waals surface area contributed by atoms with E-state index in [4.69, 9.17) is 31.0 Å². The number of allylic oxidation sites excluding steroid dienone is 3. The Morgan fingerprint density at radius 1 is 1.07 bits per heavy atom. The molecule has 1 aliphatic carbocycles. The van der Waals surface area contributed by atoms with Gasteiger partial charge in [-0.1, -0.05) is 74.0 Å². The normalized spacial score (nSPS) is 15.0. The molecule has 2 aromatic carbocycles. The summed E-state index contributed by atoms with van der Waals surface area (Å²) in [4.78, 5) is 23.3. The van der Waals surface area contributed by atoms with Crippen molar-refractivity contribution in [3.05, 3.63) is 131 Å². The fraction of sp³-hybridized carbons (Fsp3) is 0.286. The highest BCUT2D eigenvalue weighted by Gasteiger charge is 2.31. The molecule has 2 aliphatic rings. The second kappa shape index (κ2) is 14.8. The Morgan fingerprint density at radius 3 is 2.56 bits per heavy atom. The van der Waals surface area contributed by atoms with Crippen molar-refractivity contribution in [2.45, 2.75) is 58.0 Å². The van der Waals surface area contributed by atoms with Gasteiger partial charge in [-0.25, -0.2) is 14.8 Å². The van der Waals surface area contributed by atoms with E-state index in [1.165, 1.54) is 11.8 Å². The van der Waals surface area contributed by atoms with Gasteiger partial charge in [-0.15, -0.1) is 0 Å². The third-order valence-corrected chi connectivity index (χ3v) is 7.86. The summed E-state index contributed by atoms with van der Waals surface area (Å²) in [5.74, 6) is -0.238. The predicted octanol–water partition coefficient (Wildman–Crippen LogP) is 7.89. The minimum Gasteiger partial charge on any atom is -0.478 e. The van der Waals surface area contributed by atoms with Crippen LogP contribution in [0.25, 0.3) is 11.3 Å². The maximum atomic E-state index is 11.4. The SMILES string of the molecule is CCCCc1c(CN(CCc2ccc(C(=O)O)cc2)C(C2=CC=CCC2)C2=COC=CO2)nc(Cl)nc1-c1ccccc1. The third-order valence-electron chi connectivity index (χ3n) is 7.69. The Labute approximate surface area is 257 Å². The van der Waals surface area contributed by atoms with Gasteiger partial charge in [0.05, 0.1) is 23.0 Å². The van der Waals surface area contributed by atoms with Crippen molar-refractivity contribution in [3.63, 3.8) is 0 Å². The average Bonchev–Trinajstić information content (AvgIpc) is 3.04. The smallest absolute Gasteiger partial charge is 0.335 e. The molecule has 0 spiro atoms. The molecule has 3 aromatic rings. The van der Waals surface area contributed by atoms with E-state index in [1.807, 2.05) is 30.3 Å². The number of hydrogen-bond acceptors (Lipinski definition) is 6. The molecule has 2 heterocycles. The van der Waals surface area contributed by atoms with Gasteiger partial charge in [0.15, 0.2) is 5.76 Å². The molecule has 5 rings (SSSR count). The summed E-state index contributed by atoms with van der Waals surface area (Å²) in [6.45, 7) is 3.34. The van der Waals surface area contributed by atoms with Gasteiger partial charge in [0.1, 0.15) is 18.8 Å². The number of carbonyl (C=O) groups is 1. The number of aromatic carboxylic acids is 1. The van der Waals surface area contributed by atoms with Gasteiger partial charge in [-0.3, -0.25) is 4.90 Å². The van der Waals surface area contributed by atoms with Gasteiger partial charge in [0.25, 0.3) is 0 Å². The molecule has 0 saturated heterocycles. The minimum atomic E-state index is -0.936. The van der Waals surface area contributed by atoms with Crippen molar-refractivity contribution in [3.8, 4) is 11.3 Å². The standard InChI is InChI=1S/C35H36ClN3O4/c1-2-3-14-29-30(37-35(36)38-32(29)26-10-6-4-7-11-26)23-39(20-19-25-15-17-28(18-16-25)34(40)41)33(27-12-8-5-9-13-27)31-24-42-21-22-43-31/h4-8,10-12,15-18,21-22,24,33H,2-3,9,13-14,19-20,23H2,1H3,(H,40,41). The van der Waals surface area contributed by atoms with E-state index in [0.717, 1.165) is 60.2 Å². The molecular formula is C35H36ClN3O4. The topological polar surface area (TPSA) is 84.8 Å². The second-order valence-electron chi connectivity index (χ2n) is 10.6. The molecule has 1 aliphatic heterocycles. The maximum absolute atomic E-state index is 11.4. The average molecular weight is 598 g/mol. The van der Waals surface area contributed by atoms with Crippen molar-refractivity contribution < 1.29 is 19.4 Å². The largest absolute Gasteiger partial charge is 0.478 e. The Balaban J connectivity index is 1.56. The lowest BCUT2D eigenvalue weighted by molar-refractivity contribution is 0.0697. The van der Waals surface area contributed by atoms with Crippen molar-refractivity contribution in [2.24, 2.45) is 0 Å². The number of hydrogen-bond donors (Lipinski definition) is 1. The van der Waals surface area contributed by atoms with E-state index in [9.17, 15) is 9.90 Å². The molecule has 0 saturated carbocycles. The highest BCUT2D eigenvalue weighted by Crippen LogP contribution is 2.32. The second-order valence-corrected chi connectivity index (χ2v) is 11.0. The molecule has 222 valence electrons. The van der Waals surface area contributed by atoms with Gasteiger partial charge < -0.3 is 14.6 Å². The quantitative estimate of drug-likeness (QED) is 0.201. The van der Waals surface area contributed by atoms with Crippen molar-refractivity contribution in [1.82, 2.24) is 14.9 Å². The van der Waals surface area contributed by atoms with Crippen LogP contribution < -0.4 is 0 Å². The van der Waals surface area contributed by atoms with E-state index in [-0.39, 0.29) is 16.9 Å². The molecule has 0 fully saturated rings. The predicted molar refractivity (Wildman–Crippen MR) is 168 cm³/mol. The van der Waals surface area contributed by atoms with Crippen molar-refractivity contribution in [2.75, 3.05) is 6.54 Å². The summed E-state index contributed by atoms with van der Waals surface area (Å²) >= 11 is 6.61. The molecule has 1 atom stereocenters. The Bertz CT molecular complexity index is 1530. The Morgan fingerprint density at radius 2 is 1.88 bits per heavy atom. The zero-order valence-corrected chi connectivity index (χ0v) is 25.0. The fourth-order valence-electron chi connectivity index (χ4n) is 5.51. The van der Waals surface area contributed by atoms with Gasteiger partial charge >= 0.3 is 5.97 Å². The number of halogens is 1. The van der Waals surface area contributed by atoms with E-state index in [0.29, 0.717) is 25.3 Å². The fourth-order valence-corrected chi connectivity index (χ4v) is 5.69. The Hall–Kier alpha value is -4.20. The van der Waals surface area contributed by atoms with Crippen LogP contribution >= 0.6 is 11.6 Å². The molecule has 0 amide bonds. The zero-order chi connectivity index (χ0) is 30.0. The molecule has 8 heteroatoms. The molecule has 0 radical (unpaired) electrons. The van der Waals surface area contributed by atoms with Crippen LogP contribution in [-0.2, 0) is 28.9 Å². The van der Waals surface area contributed by atoms with Gasteiger partial charge in [0, 0.05) is 24.2 Å². The molecule has 1 N–H and O–H groups in total. The first-order valence-electron chi connectivity index (χ1n) is 14.7. The van der Waals surface area contributed by atoms with Crippen LogP contribution in [0.1, 0.15) is 59.8 Å². The number of ether oxygens (including phenoxy) is 2.